The second-order valence-electron chi connectivity index (χ2n) is 4.42. The standard InChI is InChI=1S/C16H14BrNO3/c1-11-3-2-4-12(5-8-15(19)20)16(11)21-10-14-7-6-13(17)9-18-14/h2-9H,10H2,1H3,(H,19,20)/b8-5+. The highest BCUT2D eigenvalue weighted by atomic mass is 79.9. The molecule has 0 saturated carbocycles. The van der Waals surface area contributed by atoms with Crippen LogP contribution in [0.3, 0.4) is 0 Å². The van der Waals surface area contributed by atoms with Crippen molar-refractivity contribution in [1.82, 2.24) is 4.98 Å². The monoisotopic (exact) mass is 347 g/mol. The molecular weight excluding hydrogens is 334 g/mol. The molecule has 0 spiro atoms. The van der Waals surface area contributed by atoms with Gasteiger partial charge in [0, 0.05) is 22.3 Å². The SMILES string of the molecule is Cc1cccc(/C=C/C(=O)O)c1OCc1ccc(Br)cn1. The lowest BCUT2D eigenvalue weighted by Crippen LogP contribution is -2.01. The summed E-state index contributed by atoms with van der Waals surface area (Å²) in [6.07, 6.45) is 4.33. The van der Waals surface area contributed by atoms with Gasteiger partial charge in [0.2, 0.25) is 0 Å². The lowest BCUT2D eigenvalue weighted by atomic mass is 10.1. The number of rotatable bonds is 5. The molecule has 0 aliphatic carbocycles. The molecule has 0 aliphatic rings. The second kappa shape index (κ2) is 7.04. The molecule has 0 fully saturated rings. The molecule has 108 valence electrons. The van der Waals surface area contributed by atoms with Crippen molar-refractivity contribution in [3.05, 3.63) is 63.9 Å². The third-order valence-corrected chi connectivity index (χ3v) is 3.27. The van der Waals surface area contributed by atoms with Gasteiger partial charge in [-0.3, -0.25) is 4.98 Å². The maximum Gasteiger partial charge on any atom is 0.328 e. The molecule has 1 N–H and O–H groups in total. The molecule has 0 amide bonds. The van der Waals surface area contributed by atoms with Gasteiger partial charge in [-0.15, -0.1) is 0 Å². The summed E-state index contributed by atoms with van der Waals surface area (Å²) in [5.41, 5.74) is 2.48. The van der Waals surface area contributed by atoms with Crippen molar-refractivity contribution in [3.8, 4) is 5.75 Å². The van der Waals surface area contributed by atoms with Gasteiger partial charge in [-0.1, -0.05) is 18.2 Å². The maximum atomic E-state index is 10.6. The van der Waals surface area contributed by atoms with E-state index in [2.05, 4.69) is 20.9 Å². The van der Waals surface area contributed by atoms with E-state index >= 15 is 0 Å². The molecule has 0 aliphatic heterocycles. The van der Waals surface area contributed by atoms with Crippen LogP contribution >= 0.6 is 15.9 Å². The van der Waals surface area contributed by atoms with Crippen molar-refractivity contribution in [2.45, 2.75) is 13.5 Å². The van der Waals surface area contributed by atoms with Crippen LogP contribution in [0.25, 0.3) is 6.08 Å². The van der Waals surface area contributed by atoms with E-state index in [-0.39, 0.29) is 0 Å². The number of pyridine rings is 1. The Morgan fingerprint density at radius 3 is 2.86 bits per heavy atom. The van der Waals surface area contributed by atoms with Gasteiger partial charge in [0.05, 0.1) is 5.69 Å². The second-order valence-corrected chi connectivity index (χ2v) is 5.34. The first-order valence-electron chi connectivity index (χ1n) is 6.30. The van der Waals surface area contributed by atoms with Gasteiger partial charge in [0.25, 0.3) is 0 Å². The Labute approximate surface area is 131 Å². The molecule has 0 radical (unpaired) electrons. The zero-order valence-corrected chi connectivity index (χ0v) is 13.0. The number of aryl methyl sites for hydroxylation is 1. The summed E-state index contributed by atoms with van der Waals surface area (Å²) in [7, 11) is 0. The van der Waals surface area contributed by atoms with Crippen LogP contribution in [0.2, 0.25) is 0 Å². The van der Waals surface area contributed by atoms with Gasteiger partial charge in [0.15, 0.2) is 0 Å². The summed E-state index contributed by atoms with van der Waals surface area (Å²) in [6.45, 7) is 2.24. The van der Waals surface area contributed by atoms with Gasteiger partial charge in [-0.25, -0.2) is 4.79 Å². The predicted molar refractivity (Wildman–Crippen MR) is 84.1 cm³/mol. The van der Waals surface area contributed by atoms with Crippen LogP contribution in [0, 0.1) is 6.92 Å². The molecule has 4 nitrogen and oxygen atoms in total. The number of hydrogen-bond acceptors (Lipinski definition) is 3. The van der Waals surface area contributed by atoms with Crippen LogP contribution in [-0.4, -0.2) is 16.1 Å². The molecule has 2 rings (SSSR count). The van der Waals surface area contributed by atoms with E-state index in [4.69, 9.17) is 9.84 Å². The summed E-state index contributed by atoms with van der Waals surface area (Å²) >= 11 is 3.33. The molecule has 2 aromatic rings. The van der Waals surface area contributed by atoms with Crippen LogP contribution < -0.4 is 4.74 Å². The largest absolute Gasteiger partial charge is 0.486 e. The number of benzene rings is 1. The smallest absolute Gasteiger partial charge is 0.328 e. The minimum atomic E-state index is -0.989. The van der Waals surface area contributed by atoms with Crippen LogP contribution in [-0.2, 0) is 11.4 Å². The summed E-state index contributed by atoms with van der Waals surface area (Å²) in [6, 6.07) is 9.37. The Morgan fingerprint density at radius 2 is 2.19 bits per heavy atom. The minimum absolute atomic E-state index is 0.325. The molecule has 1 heterocycles. The molecule has 0 saturated heterocycles. The van der Waals surface area contributed by atoms with Gasteiger partial charge in [-0.2, -0.15) is 0 Å². The Bertz CT molecular complexity index is 666. The minimum Gasteiger partial charge on any atom is -0.486 e. The van der Waals surface area contributed by atoms with Gasteiger partial charge in [-0.05, 0) is 46.6 Å². The lowest BCUT2D eigenvalue weighted by Gasteiger charge is -2.12. The molecular formula is C16H14BrNO3. The van der Waals surface area contributed by atoms with Crippen molar-refractivity contribution in [1.29, 1.82) is 0 Å². The topological polar surface area (TPSA) is 59.4 Å². The number of nitrogens with zero attached hydrogens (tertiary/aromatic N) is 1. The van der Waals surface area contributed by atoms with E-state index in [0.29, 0.717) is 12.4 Å². The average molecular weight is 348 g/mol. The normalized spacial score (nSPS) is 10.8. The molecule has 21 heavy (non-hydrogen) atoms. The Kier molecular flexibility index (Phi) is 5.11. The zero-order chi connectivity index (χ0) is 15.2. The lowest BCUT2D eigenvalue weighted by molar-refractivity contribution is -0.131. The highest BCUT2D eigenvalue weighted by Crippen LogP contribution is 2.25. The van der Waals surface area contributed by atoms with E-state index in [0.717, 1.165) is 27.4 Å². The Hall–Kier alpha value is -2.14. The molecule has 0 bridgehead atoms. The number of carboxylic acid groups (broad SMARTS) is 1. The Morgan fingerprint density at radius 1 is 1.38 bits per heavy atom. The average Bonchev–Trinajstić information content (AvgIpc) is 2.46. The number of hydrogen-bond donors (Lipinski definition) is 1. The summed E-state index contributed by atoms with van der Waals surface area (Å²) < 4.78 is 6.71. The van der Waals surface area contributed by atoms with Crippen LogP contribution in [0.4, 0.5) is 0 Å². The van der Waals surface area contributed by atoms with Crippen molar-refractivity contribution < 1.29 is 14.6 Å². The fourth-order valence-electron chi connectivity index (χ4n) is 1.80. The predicted octanol–water partition coefficient (Wildman–Crippen LogP) is 3.83. The first-order chi connectivity index (χ1) is 10.1. The fourth-order valence-corrected chi connectivity index (χ4v) is 2.04. The molecule has 1 aromatic carbocycles. The van der Waals surface area contributed by atoms with Crippen LogP contribution in [0.5, 0.6) is 5.75 Å². The van der Waals surface area contributed by atoms with E-state index in [1.807, 2.05) is 37.3 Å². The highest BCUT2D eigenvalue weighted by molar-refractivity contribution is 9.10. The van der Waals surface area contributed by atoms with Gasteiger partial charge < -0.3 is 9.84 Å². The zero-order valence-electron chi connectivity index (χ0n) is 11.4. The van der Waals surface area contributed by atoms with Crippen molar-refractivity contribution in [2.24, 2.45) is 0 Å². The van der Waals surface area contributed by atoms with E-state index in [9.17, 15) is 4.79 Å². The molecule has 0 atom stereocenters. The number of carboxylic acids is 1. The van der Waals surface area contributed by atoms with Crippen LogP contribution in [0.1, 0.15) is 16.8 Å². The quantitative estimate of drug-likeness (QED) is 0.835. The number of aliphatic carboxylic acids is 1. The van der Waals surface area contributed by atoms with Crippen molar-refractivity contribution in [3.63, 3.8) is 0 Å². The summed E-state index contributed by atoms with van der Waals surface area (Å²) in [5, 5.41) is 8.73. The first kappa shape index (κ1) is 15.3. The Balaban J connectivity index is 2.18. The molecule has 5 heteroatoms. The van der Waals surface area contributed by atoms with E-state index in [1.165, 1.54) is 6.08 Å². The highest BCUT2D eigenvalue weighted by Gasteiger charge is 2.06. The van der Waals surface area contributed by atoms with Crippen LogP contribution in [0.15, 0.2) is 47.1 Å². The van der Waals surface area contributed by atoms with E-state index in [1.54, 1.807) is 6.20 Å². The molecule has 0 unspecified atom stereocenters. The number of para-hydroxylation sites is 1. The molecule has 1 aromatic heterocycles. The van der Waals surface area contributed by atoms with Crippen molar-refractivity contribution >= 4 is 28.0 Å². The van der Waals surface area contributed by atoms with Gasteiger partial charge >= 0.3 is 5.97 Å². The number of carbonyl (C=O) groups is 1. The van der Waals surface area contributed by atoms with Gasteiger partial charge in [0.1, 0.15) is 12.4 Å². The van der Waals surface area contributed by atoms with Crippen molar-refractivity contribution in [2.75, 3.05) is 0 Å². The fraction of sp³-hybridized carbons (Fsp3) is 0.125. The first-order valence-corrected chi connectivity index (χ1v) is 7.09. The maximum absolute atomic E-state index is 10.6. The number of aromatic nitrogens is 1. The summed E-state index contributed by atoms with van der Waals surface area (Å²) in [5.74, 6) is -0.322. The van der Waals surface area contributed by atoms with E-state index < -0.39 is 5.97 Å². The third-order valence-electron chi connectivity index (χ3n) is 2.80. The number of ether oxygens (including phenoxy) is 1. The number of halogens is 1. The third kappa shape index (κ3) is 4.43. The summed E-state index contributed by atoms with van der Waals surface area (Å²) in [4.78, 5) is 14.9.